The zero-order chi connectivity index (χ0) is 23.1. The Morgan fingerprint density at radius 3 is 2.19 bits per heavy atom. The average molecular weight is 433 g/mol. The monoisotopic (exact) mass is 433 g/mol. The number of rotatable bonds is 7. The maximum Gasteiger partial charge on any atom is 0.337 e. The highest BCUT2D eigenvalue weighted by Gasteiger charge is 2.16. The lowest BCUT2D eigenvalue weighted by atomic mass is 10.0. The molecule has 0 fully saturated rings. The number of methoxy groups -OCH3 is 3. The molecule has 32 heavy (non-hydrogen) atoms. The van der Waals surface area contributed by atoms with Gasteiger partial charge in [0.15, 0.2) is 11.5 Å². The summed E-state index contributed by atoms with van der Waals surface area (Å²) < 4.78 is 15.3. The molecule has 0 spiro atoms. The second kappa shape index (κ2) is 10.2. The van der Waals surface area contributed by atoms with Crippen molar-refractivity contribution < 1.29 is 28.9 Å². The number of carbonyl (C=O) groups excluding carboxylic acids is 2. The van der Waals surface area contributed by atoms with Crippen LogP contribution < -0.4 is 14.8 Å². The van der Waals surface area contributed by atoms with E-state index in [1.807, 2.05) is 30.3 Å². The van der Waals surface area contributed by atoms with Crippen LogP contribution in [0.25, 0.3) is 11.6 Å². The average Bonchev–Trinajstić information content (AvgIpc) is 2.83. The molecule has 7 heteroatoms. The van der Waals surface area contributed by atoms with Crippen LogP contribution in [0.15, 0.2) is 66.7 Å². The number of esters is 1. The Labute approximate surface area is 185 Å². The summed E-state index contributed by atoms with van der Waals surface area (Å²) in [5, 5.41) is 13.0. The minimum Gasteiger partial charge on any atom is -0.506 e. The van der Waals surface area contributed by atoms with E-state index in [2.05, 4.69) is 10.1 Å². The molecule has 0 aliphatic rings. The number of anilines is 1. The molecule has 3 aromatic carbocycles. The third-order valence-corrected chi connectivity index (χ3v) is 4.72. The van der Waals surface area contributed by atoms with Crippen molar-refractivity contribution in [1.29, 1.82) is 0 Å². The van der Waals surface area contributed by atoms with Gasteiger partial charge in [0.05, 0.1) is 32.6 Å². The summed E-state index contributed by atoms with van der Waals surface area (Å²) in [6.07, 6.45) is 1.71. The molecule has 0 bridgehead atoms. The highest BCUT2D eigenvalue weighted by molar-refractivity contribution is 6.29. The van der Waals surface area contributed by atoms with Gasteiger partial charge in [0.25, 0.3) is 5.91 Å². The Morgan fingerprint density at radius 1 is 0.844 bits per heavy atom. The molecule has 0 aliphatic carbocycles. The van der Waals surface area contributed by atoms with Gasteiger partial charge in [-0.25, -0.2) is 4.79 Å². The largest absolute Gasteiger partial charge is 0.506 e. The summed E-state index contributed by atoms with van der Waals surface area (Å²) in [5.41, 5.74) is 2.12. The third-order valence-electron chi connectivity index (χ3n) is 4.72. The second-order valence-electron chi connectivity index (χ2n) is 6.72. The van der Waals surface area contributed by atoms with Crippen LogP contribution in [0.3, 0.4) is 0 Å². The first-order valence-corrected chi connectivity index (χ1v) is 9.68. The summed E-state index contributed by atoms with van der Waals surface area (Å²) in [7, 11) is 4.34. The number of benzene rings is 3. The molecule has 0 atom stereocenters. The van der Waals surface area contributed by atoms with Crippen LogP contribution in [0.5, 0.6) is 17.2 Å². The molecule has 0 aromatic heterocycles. The lowest BCUT2D eigenvalue weighted by Crippen LogP contribution is -2.14. The Balaban J connectivity index is 1.98. The van der Waals surface area contributed by atoms with Crippen molar-refractivity contribution in [2.45, 2.75) is 0 Å². The predicted molar refractivity (Wildman–Crippen MR) is 122 cm³/mol. The summed E-state index contributed by atoms with van der Waals surface area (Å²) >= 11 is 0. The third kappa shape index (κ3) is 5.07. The molecule has 0 saturated heterocycles. The SMILES string of the molecule is COC(=O)c1ccc(NC(=O)/C(=C/c2ccc(OC)c(OC)c2)c2ccccc2)c(O)c1. The molecule has 0 aliphatic heterocycles. The lowest BCUT2D eigenvalue weighted by Gasteiger charge is -2.12. The molecule has 7 nitrogen and oxygen atoms in total. The number of aromatic hydroxyl groups is 1. The van der Waals surface area contributed by atoms with Crippen molar-refractivity contribution in [3.63, 3.8) is 0 Å². The quantitative estimate of drug-likeness (QED) is 0.249. The highest BCUT2D eigenvalue weighted by Crippen LogP contribution is 2.31. The molecule has 3 rings (SSSR count). The van der Waals surface area contributed by atoms with Gasteiger partial charge in [0, 0.05) is 5.57 Å². The molecule has 1 amide bonds. The smallest absolute Gasteiger partial charge is 0.337 e. The van der Waals surface area contributed by atoms with Crippen molar-refractivity contribution >= 4 is 29.2 Å². The number of carbonyl (C=O) groups is 2. The minimum absolute atomic E-state index is 0.164. The zero-order valence-electron chi connectivity index (χ0n) is 17.9. The molecular weight excluding hydrogens is 410 g/mol. The molecule has 0 heterocycles. The van der Waals surface area contributed by atoms with Gasteiger partial charge in [-0.3, -0.25) is 4.79 Å². The molecule has 164 valence electrons. The fraction of sp³-hybridized carbons (Fsp3) is 0.120. The number of phenolic OH excluding ortho intramolecular Hbond substituents is 1. The molecule has 0 saturated carbocycles. The normalized spacial score (nSPS) is 10.9. The number of hydrogen-bond donors (Lipinski definition) is 2. The van der Waals surface area contributed by atoms with Crippen molar-refractivity contribution in [3.8, 4) is 17.2 Å². The van der Waals surface area contributed by atoms with E-state index in [4.69, 9.17) is 9.47 Å². The maximum atomic E-state index is 13.2. The van der Waals surface area contributed by atoms with Crippen molar-refractivity contribution in [2.75, 3.05) is 26.6 Å². The van der Waals surface area contributed by atoms with E-state index in [0.29, 0.717) is 22.6 Å². The molecular formula is C25H23NO6. The van der Waals surface area contributed by atoms with Gasteiger partial charge in [-0.2, -0.15) is 0 Å². The Morgan fingerprint density at radius 2 is 1.56 bits per heavy atom. The first-order chi connectivity index (χ1) is 15.5. The fourth-order valence-corrected chi connectivity index (χ4v) is 3.08. The Bertz CT molecular complexity index is 1150. The number of phenols is 1. The molecule has 3 aromatic rings. The summed E-state index contributed by atoms with van der Waals surface area (Å²) in [4.78, 5) is 24.8. The van der Waals surface area contributed by atoms with E-state index < -0.39 is 11.9 Å². The molecule has 0 radical (unpaired) electrons. The number of hydrogen-bond acceptors (Lipinski definition) is 6. The number of amides is 1. The van der Waals surface area contributed by atoms with E-state index in [-0.39, 0.29) is 17.0 Å². The minimum atomic E-state index is -0.587. The highest BCUT2D eigenvalue weighted by atomic mass is 16.5. The summed E-state index contributed by atoms with van der Waals surface area (Å²) in [6.45, 7) is 0. The fourth-order valence-electron chi connectivity index (χ4n) is 3.08. The number of ether oxygens (including phenoxy) is 3. The van der Waals surface area contributed by atoms with E-state index in [1.165, 1.54) is 32.4 Å². The first-order valence-electron chi connectivity index (χ1n) is 9.68. The van der Waals surface area contributed by atoms with Crippen molar-refractivity contribution in [3.05, 3.63) is 83.4 Å². The summed E-state index contributed by atoms with van der Waals surface area (Å²) in [5.74, 6) is -0.167. The zero-order valence-corrected chi connectivity index (χ0v) is 17.9. The van der Waals surface area contributed by atoms with Gasteiger partial charge in [-0.15, -0.1) is 0 Å². The van der Waals surface area contributed by atoms with Crippen LogP contribution in [0.4, 0.5) is 5.69 Å². The van der Waals surface area contributed by atoms with E-state index >= 15 is 0 Å². The van der Waals surface area contributed by atoms with E-state index in [1.54, 1.807) is 31.4 Å². The van der Waals surface area contributed by atoms with Crippen LogP contribution in [-0.2, 0) is 9.53 Å². The van der Waals surface area contributed by atoms with Crippen LogP contribution in [0.1, 0.15) is 21.5 Å². The molecule has 2 N–H and O–H groups in total. The van der Waals surface area contributed by atoms with Gasteiger partial charge in [0.1, 0.15) is 5.75 Å². The van der Waals surface area contributed by atoms with Gasteiger partial charge in [-0.1, -0.05) is 36.4 Å². The lowest BCUT2D eigenvalue weighted by molar-refractivity contribution is -0.111. The first kappa shape index (κ1) is 22.4. The van der Waals surface area contributed by atoms with Crippen LogP contribution >= 0.6 is 0 Å². The Hall–Kier alpha value is -4.26. The van der Waals surface area contributed by atoms with E-state index in [0.717, 1.165) is 5.56 Å². The number of nitrogens with one attached hydrogen (secondary N) is 1. The Kier molecular flexibility index (Phi) is 7.13. The molecule has 0 unspecified atom stereocenters. The summed E-state index contributed by atoms with van der Waals surface area (Å²) in [6, 6.07) is 18.6. The standard InChI is InChI=1S/C25H23NO6/c1-30-22-12-9-16(14-23(22)31-2)13-19(17-7-5-4-6-8-17)24(28)26-20-11-10-18(15-21(20)27)25(29)32-3/h4-15,27H,1-3H3,(H,26,28)/b19-13+. The second-order valence-corrected chi connectivity index (χ2v) is 6.72. The maximum absolute atomic E-state index is 13.2. The van der Waals surface area contributed by atoms with Crippen LogP contribution in [-0.4, -0.2) is 38.3 Å². The van der Waals surface area contributed by atoms with Gasteiger partial charge >= 0.3 is 5.97 Å². The van der Waals surface area contributed by atoms with E-state index in [9.17, 15) is 14.7 Å². The van der Waals surface area contributed by atoms with Crippen LogP contribution in [0.2, 0.25) is 0 Å². The predicted octanol–water partition coefficient (Wildman–Crippen LogP) is 4.38. The van der Waals surface area contributed by atoms with Gasteiger partial charge < -0.3 is 24.6 Å². The van der Waals surface area contributed by atoms with Crippen molar-refractivity contribution in [1.82, 2.24) is 0 Å². The van der Waals surface area contributed by atoms with Gasteiger partial charge in [-0.05, 0) is 47.5 Å². The van der Waals surface area contributed by atoms with Crippen molar-refractivity contribution in [2.24, 2.45) is 0 Å². The van der Waals surface area contributed by atoms with Gasteiger partial charge in [0.2, 0.25) is 0 Å². The van der Waals surface area contributed by atoms with Crippen LogP contribution in [0, 0.1) is 0 Å². The topological polar surface area (TPSA) is 94.1 Å².